The Morgan fingerprint density at radius 1 is 1.21 bits per heavy atom. The van der Waals surface area contributed by atoms with E-state index < -0.39 is 12.0 Å². The van der Waals surface area contributed by atoms with Crippen LogP contribution in [0.15, 0.2) is 36.5 Å². The lowest BCUT2D eigenvalue weighted by Crippen LogP contribution is -2.63. The first-order chi connectivity index (χ1) is 18.0. The van der Waals surface area contributed by atoms with Gasteiger partial charge in [0.2, 0.25) is 5.91 Å². The molecule has 12 heteroatoms. The zero-order chi connectivity index (χ0) is 27.1. The number of alkyl halides is 3. The lowest BCUT2D eigenvalue weighted by molar-refractivity contribution is -0.274. The number of ether oxygens (including phenoxy) is 1. The monoisotopic (exact) mass is 532 g/mol. The molecular formula is C26H31F3N6O3. The highest BCUT2D eigenvalue weighted by Gasteiger charge is 2.40. The highest BCUT2D eigenvalue weighted by atomic mass is 19.4. The smallest absolute Gasteiger partial charge is 0.406 e. The topological polar surface area (TPSA) is 105 Å². The number of benzene rings is 1. The molecule has 1 aliphatic carbocycles. The number of aryl methyl sites for hydroxylation is 2. The standard InChI is InChI=1S/C26H31F3N6O3/c1-16-3-4-17(12-30-16)25(37)9-7-19(8-10-25)35-14-18(15-35)32-23(36)13-31-24-21-11-20(38-26(27,28)29)5-6-22(21)34(2)33-24/h3-6,11-12,18-19,37H,7-10,13-15H2,1-2H3,(H,31,33)(H,32,36). The first-order valence-corrected chi connectivity index (χ1v) is 12.6. The lowest BCUT2D eigenvalue weighted by Gasteiger charge is -2.48. The number of carbonyl (C=O) groups excluding carboxylic acids is 1. The molecule has 5 rings (SSSR count). The second-order valence-corrected chi connectivity index (χ2v) is 10.2. The highest BCUT2D eigenvalue weighted by Crippen LogP contribution is 2.39. The summed E-state index contributed by atoms with van der Waals surface area (Å²) in [6.45, 7) is 3.35. The quantitative estimate of drug-likeness (QED) is 0.429. The Morgan fingerprint density at radius 2 is 1.95 bits per heavy atom. The molecule has 1 aromatic carbocycles. The van der Waals surface area contributed by atoms with Crippen molar-refractivity contribution in [2.24, 2.45) is 7.05 Å². The molecule has 204 valence electrons. The molecule has 2 fully saturated rings. The van der Waals surface area contributed by atoms with Crippen LogP contribution >= 0.6 is 0 Å². The van der Waals surface area contributed by atoms with Crippen LogP contribution in [0.5, 0.6) is 5.75 Å². The molecular weight excluding hydrogens is 501 g/mol. The van der Waals surface area contributed by atoms with Gasteiger partial charge in [0.1, 0.15) is 5.75 Å². The summed E-state index contributed by atoms with van der Waals surface area (Å²) in [5, 5.41) is 21.7. The van der Waals surface area contributed by atoms with Crippen molar-refractivity contribution in [1.82, 2.24) is 25.0 Å². The Hall–Kier alpha value is -3.38. The number of anilines is 1. The van der Waals surface area contributed by atoms with Gasteiger partial charge in [-0.05, 0) is 56.9 Å². The Bertz CT molecular complexity index is 1300. The lowest BCUT2D eigenvalue weighted by atomic mass is 9.77. The fourth-order valence-electron chi connectivity index (χ4n) is 5.39. The van der Waals surface area contributed by atoms with Crippen LogP contribution in [0.3, 0.4) is 0 Å². The first-order valence-electron chi connectivity index (χ1n) is 12.6. The van der Waals surface area contributed by atoms with Crippen LogP contribution in [-0.4, -0.2) is 68.8 Å². The van der Waals surface area contributed by atoms with Gasteiger partial charge in [-0.1, -0.05) is 6.07 Å². The molecule has 3 aromatic rings. The van der Waals surface area contributed by atoms with Gasteiger partial charge in [-0.2, -0.15) is 5.10 Å². The highest BCUT2D eigenvalue weighted by molar-refractivity contribution is 5.93. The van der Waals surface area contributed by atoms with E-state index in [0.29, 0.717) is 35.6 Å². The van der Waals surface area contributed by atoms with Gasteiger partial charge in [0, 0.05) is 49.0 Å². The maximum absolute atomic E-state index is 12.6. The Kier molecular flexibility index (Phi) is 6.95. The van der Waals surface area contributed by atoms with Crippen LogP contribution in [-0.2, 0) is 17.4 Å². The van der Waals surface area contributed by atoms with Crippen molar-refractivity contribution in [3.63, 3.8) is 0 Å². The zero-order valence-corrected chi connectivity index (χ0v) is 21.3. The number of hydrogen-bond donors (Lipinski definition) is 3. The van der Waals surface area contributed by atoms with Gasteiger partial charge in [0.15, 0.2) is 5.82 Å². The molecule has 2 aliphatic rings. The van der Waals surface area contributed by atoms with Crippen molar-refractivity contribution in [3.8, 4) is 5.75 Å². The number of amides is 1. The maximum atomic E-state index is 12.6. The van der Waals surface area contributed by atoms with Gasteiger partial charge in [-0.15, -0.1) is 13.2 Å². The summed E-state index contributed by atoms with van der Waals surface area (Å²) in [7, 11) is 1.67. The number of pyridine rings is 1. The minimum atomic E-state index is -4.79. The van der Waals surface area contributed by atoms with Crippen molar-refractivity contribution in [2.75, 3.05) is 25.0 Å². The van der Waals surface area contributed by atoms with Crippen LogP contribution in [0.1, 0.15) is 36.9 Å². The zero-order valence-electron chi connectivity index (χ0n) is 21.3. The average molecular weight is 533 g/mol. The van der Waals surface area contributed by atoms with E-state index in [1.54, 1.807) is 13.2 Å². The molecule has 3 N–H and O–H groups in total. The molecule has 2 aromatic heterocycles. The Balaban J connectivity index is 1.08. The van der Waals surface area contributed by atoms with Crippen LogP contribution < -0.4 is 15.4 Å². The summed E-state index contributed by atoms with van der Waals surface area (Å²) >= 11 is 0. The molecule has 1 aliphatic heterocycles. The third-order valence-corrected chi connectivity index (χ3v) is 7.49. The summed E-state index contributed by atoms with van der Waals surface area (Å²) in [6.07, 6.45) is 0.0688. The van der Waals surface area contributed by atoms with Crippen LogP contribution in [0.4, 0.5) is 19.0 Å². The summed E-state index contributed by atoms with van der Waals surface area (Å²) in [5.41, 5.74) is 1.56. The van der Waals surface area contributed by atoms with E-state index in [9.17, 15) is 23.1 Å². The van der Waals surface area contributed by atoms with E-state index >= 15 is 0 Å². The van der Waals surface area contributed by atoms with Gasteiger partial charge in [-0.25, -0.2) is 0 Å². The summed E-state index contributed by atoms with van der Waals surface area (Å²) in [5.74, 6) is -0.267. The van der Waals surface area contributed by atoms with Gasteiger partial charge in [0.05, 0.1) is 23.7 Å². The van der Waals surface area contributed by atoms with E-state index in [1.165, 1.54) is 22.9 Å². The van der Waals surface area contributed by atoms with E-state index in [2.05, 4.69) is 30.4 Å². The normalized spacial score (nSPS) is 22.7. The molecule has 0 radical (unpaired) electrons. The average Bonchev–Trinajstić information content (AvgIpc) is 3.14. The van der Waals surface area contributed by atoms with Gasteiger partial charge in [-0.3, -0.25) is 19.4 Å². The van der Waals surface area contributed by atoms with E-state index in [-0.39, 0.29) is 24.2 Å². The molecule has 0 atom stereocenters. The van der Waals surface area contributed by atoms with Crippen molar-refractivity contribution >= 4 is 22.6 Å². The van der Waals surface area contributed by atoms with Crippen molar-refractivity contribution in [3.05, 3.63) is 47.8 Å². The second kappa shape index (κ2) is 10.1. The van der Waals surface area contributed by atoms with Crippen LogP contribution in [0, 0.1) is 6.92 Å². The summed E-state index contributed by atoms with van der Waals surface area (Å²) in [4.78, 5) is 19.2. The number of fused-ring (bicyclic) bond motifs is 1. The van der Waals surface area contributed by atoms with Gasteiger partial charge >= 0.3 is 6.36 Å². The number of nitrogens with one attached hydrogen (secondary N) is 2. The molecule has 1 saturated carbocycles. The predicted octanol–water partition coefficient (Wildman–Crippen LogP) is 3.22. The minimum Gasteiger partial charge on any atom is -0.406 e. The molecule has 9 nitrogen and oxygen atoms in total. The number of hydrogen-bond acceptors (Lipinski definition) is 7. The molecule has 3 heterocycles. The number of likely N-dealkylation sites (tertiary alicyclic amines) is 1. The molecule has 1 amide bonds. The summed E-state index contributed by atoms with van der Waals surface area (Å²) < 4.78 is 43.3. The van der Waals surface area contributed by atoms with Crippen molar-refractivity contribution < 1.29 is 27.8 Å². The summed E-state index contributed by atoms with van der Waals surface area (Å²) in [6, 6.07) is 8.23. The van der Waals surface area contributed by atoms with Crippen molar-refractivity contribution in [1.29, 1.82) is 0 Å². The fraction of sp³-hybridized carbons (Fsp3) is 0.500. The van der Waals surface area contributed by atoms with E-state index in [1.807, 2.05) is 19.1 Å². The number of aliphatic hydroxyl groups is 1. The molecule has 0 unspecified atom stereocenters. The van der Waals surface area contributed by atoms with Crippen molar-refractivity contribution in [2.45, 2.75) is 56.7 Å². The van der Waals surface area contributed by atoms with Gasteiger partial charge < -0.3 is 20.5 Å². The molecule has 0 bridgehead atoms. The third kappa shape index (κ3) is 5.70. The number of rotatable bonds is 7. The van der Waals surface area contributed by atoms with Crippen LogP contribution in [0.25, 0.3) is 10.9 Å². The number of halogens is 3. The van der Waals surface area contributed by atoms with E-state index in [0.717, 1.165) is 37.2 Å². The number of nitrogens with zero attached hydrogens (tertiary/aromatic N) is 4. The Morgan fingerprint density at radius 3 is 2.61 bits per heavy atom. The maximum Gasteiger partial charge on any atom is 0.573 e. The first kappa shape index (κ1) is 26.2. The number of aromatic nitrogens is 3. The molecule has 38 heavy (non-hydrogen) atoms. The second-order valence-electron chi connectivity index (χ2n) is 10.2. The SMILES string of the molecule is Cc1ccc(C2(O)CCC(N3CC(NC(=O)CNc4nn(C)c5ccc(OC(F)(F)F)cc45)C3)CC2)cn1. The van der Waals surface area contributed by atoms with Gasteiger partial charge in [0.25, 0.3) is 0 Å². The predicted molar refractivity (Wildman–Crippen MR) is 135 cm³/mol. The number of carbonyl (C=O) groups is 1. The Labute approximate surface area is 218 Å². The molecule has 0 spiro atoms. The van der Waals surface area contributed by atoms with Crippen LogP contribution in [0.2, 0.25) is 0 Å². The minimum absolute atomic E-state index is 0.0265. The fourth-order valence-corrected chi connectivity index (χ4v) is 5.39. The third-order valence-electron chi connectivity index (χ3n) is 7.49. The molecule has 1 saturated heterocycles. The largest absolute Gasteiger partial charge is 0.573 e. The van der Waals surface area contributed by atoms with E-state index in [4.69, 9.17) is 0 Å².